The first-order valence-electron chi connectivity index (χ1n) is 7.82. The maximum atomic E-state index is 12.0. The molecule has 1 amide bonds. The Labute approximate surface area is 132 Å². The molecular weight excluding hydrogens is 276 g/mol. The largest absolute Gasteiger partial charge is 0.354 e. The second-order valence-electron chi connectivity index (χ2n) is 6.00. The summed E-state index contributed by atoms with van der Waals surface area (Å²) in [7, 11) is 2.04. The number of aromatic nitrogens is 1. The number of amides is 1. The first-order valence-corrected chi connectivity index (χ1v) is 7.82. The van der Waals surface area contributed by atoms with Gasteiger partial charge in [0.25, 0.3) is 0 Å². The summed E-state index contributed by atoms with van der Waals surface area (Å²) in [6, 6.07) is 4.31. The lowest BCUT2D eigenvalue weighted by molar-refractivity contribution is -0.122. The van der Waals surface area contributed by atoms with E-state index in [-0.39, 0.29) is 17.6 Å². The van der Waals surface area contributed by atoms with Crippen molar-refractivity contribution < 1.29 is 4.79 Å². The number of aryl methyl sites for hydroxylation is 2. The summed E-state index contributed by atoms with van der Waals surface area (Å²) in [4.78, 5) is 12.0. The van der Waals surface area contributed by atoms with Crippen LogP contribution in [0.15, 0.2) is 28.6 Å². The number of carbonyl (C=O) groups is 1. The van der Waals surface area contributed by atoms with Crippen molar-refractivity contribution in [1.82, 2.24) is 9.88 Å². The average Bonchev–Trinajstić information content (AvgIpc) is 3.15. The predicted octanol–water partition coefficient (Wildman–Crippen LogP) is 2.82. The van der Waals surface area contributed by atoms with Gasteiger partial charge in [-0.25, -0.2) is 0 Å². The van der Waals surface area contributed by atoms with E-state index in [2.05, 4.69) is 32.1 Å². The predicted molar refractivity (Wildman–Crippen MR) is 86.2 cm³/mol. The molecule has 118 valence electrons. The molecule has 0 saturated carbocycles. The second kappa shape index (κ2) is 7.26. The lowest BCUT2D eigenvalue weighted by Crippen LogP contribution is -2.33. The molecule has 0 saturated heterocycles. The van der Waals surface area contributed by atoms with E-state index in [1.807, 2.05) is 26.2 Å². The Morgan fingerprint density at radius 3 is 2.86 bits per heavy atom. The van der Waals surface area contributed by atoms with Crippen molar-refractivity contribution in [3.05, 3.63) is 24.0 Å². The van der Waals surface area contributed by atoms with Gasteiger partial charge < -0.3 is 9.88 Å². The molecular formula is C17H24N4O. The van der Waals surface area contributed by atoms with E-state index in [1.165, 1.54) is 5.69 Å². The van der Waals surface area contributed by atoms with Crippen LogP contribution in [0.3, 0.4) is 0 Å². The molecule has 1 N–H and O–H groups in total. The maximum absolute atomic E-state index is 12.0. The third kappa shape index (κ3) is 4.73. The molecule has 1 aliphatic heterocycles. The van der Waals surface area contributed by atoms with Gasteiger partial charge in [-0.15, -0.1) is 12.3 Å². The molecule has 1 aliphatic rings. The molecule has 2 heterocycles. The number of hydrogen-bond acceptors (Lipinski definition) is 3. The Bertz CT molecular complexity index is 576. The van der Waals surface area contributed by atoms with Gasteiger partial charge in [0.1, 0.15) is 0 Å². The molecule has 0 radical (unpaired) electrons. The highest BCUT2D eigenvalue weighted by atomic mass is 16.1. The summed E-state index contributed by atoms with van der Waals surface area (Å²) in [5.41, 5.74) is 0.917. The van der Waals surface area contributed by atoms with Gasteiger partial charge in [0.15, 0.2) is 5.66 Å². The van der Waals surface area contributed by atoms with Gasteiger partial charge in [-0.3, -0.25) is 4.79 Å². The van der Waals surface area contributed by atoms with Crippen LogP contribution in [0.4, 0.5) is 0 Å². The van der Waals surface area contributed by atoms with Crippen LogP contribution in [0.25, 0.3) is 0 Å². The molecule has 0 bridgehead atoms. The van der Waals surface area contributed by atoms with Crippen LogP contribution < -0.4 is 5.32 Å². The Hall–Kier alpha value is -2.09. The van der Waals surface area contributed by atoms with Gasteiger partial charge in [-0.2, -0.15) is 10.2 Å². The van der Waals surface area contributed by atoms with Crippen LogP contribution in [0.2, 0.25) is 0 Å². The van der Waals surface area contributed by atoms with E-state index in [4.69, 9.17) is 6.42 Å². The molecule has 1 aromatic rings. The van der Waals surface area contributed by atoms with Crippen molar-refractivity contribution in [2.24, 2.45) is 17.3 Å². The first kappa shape index (κ1) is 16.3. The number of hydrogen-bond donors (Lipinski definition) is 1. The monoisotopic (exact) mass is 300 g/mol. The molecule has 22 heavy (non-hydrogen) atoms. The number of rotatable bonds is 9. The van der Waals surface area contributed by atoms with Gasteiger partial charge in [-0.1, -0.05) is 0 Å². The highest BCUT2D eigenvalue weighted by Crippen LogP contribution is 2.37. The lowest BCUT2D eigenvalue weighted by Gasteiger charge is -2.15. The van der Waals surface area contributed by atoms with E-state index in [0.29, 0.717) is 19.3 Å². The smallest absolute Gasteiger partial charge is 0.220 e. The quantitative estimate of drug-likeness (QED) is 0.700. The van der Waals surface area contributed by atoms with E-state index < -0.39 is 0 Å². The number of nitrogens with zero attached hydrogens (tertiary/aromatic N) is 3. The summed E-state index contributed by atoms with van der Waals surface area (Å²) in [5.74, 6) is 2.66. The van der Waals surface area contributed by atoms with E-state index in [1.54, 1.807) is 0 Å². The summed E-state index contributed by atoms with van der Waals surface area (Å²) < 4.78 is 2.11. The summed E-state index contributed by atoms with van der Waals surface area (Å²) in [6.45, 7) is 2.04. The van der Waals surface area contributed by atoms with E-state index in [9.17, 15) is 4.79 Å². The average molecular weight is 300 g/mol. The number of terminal acetylenes is 1. The highest BCUT2D eigenvalue weighted by Gasteiger charge is 2.39. The van der Waals surface area contributed by atoms with Crippen molar-refractivity contribution in [2.75, 3.05) is 0 Å². The zero-order valence-corrected chi connectivity index (χ0v) is 13.4. The fraction of sp³-hybridized carbons (Fsp3) is 0.588. The summed E-state index contributed by atoms with van der Waals surface area (Å²) in [5, 5.41) is 11.1. The third-order valence-electron chi connectivity index (χ3n) is 4.10. The van der Waals surface area contributed by atoms with Crippen molar-refractivity contribution in [2.45, 2.75) is 57.2 Å². The summed E-state index contributed by atoms with van der Waals surface area (Å²) >= 11 is 0. The van der Waals surface area contributed by atoms with E-state index >= 15 is 0 Å². The minimum Gasteiger partial charge on any atom is -0.354 e. The van der Waals surface area contributed by atoms with Crippen molar-refractivity contribution in [3.8, 4) is 12.3 Å². The van der Waals surface area contributed by atoms with Gasteiger partial charge in [0.2, 0.25) is 5.91 Å². The molecule has 1 atom stereocenters. The van der Waals surface area contributed by atoms with Gasteiger partial charge in [0.05, 0.1) is 0 Å². The number of carbonyl (C=O) groups excluding carboxylic acids is 1. The van der Waals surface area contributed by atoms with Gasteiger partial charge >= 0.3 is 0 Å². The standard InChI is InChI=1S/C17H24N4O/c1-4-5-11-17(19-20-17)12-10-16(22)18-14(2)8-9-15-7-6-13-21(15)3/h1,6-7,13-14H,5,8-12H2,2-3H3,(H,18,22). The van der Waals surface area contributed by atoms with Crippen LogP contribution in [0.5, 0.6) is 0 Å². The molecule has 0 fully saturated rings. The number of nitrogens with one attached hydrogen (secondary N) is 1. The molecule has 0 spiro atoms. The molecule has 0 aromatic carbocycles. The van der Waals surface area contributed by atoms with Gasteiger partial charge in [-0.05, 0) is 31.9 Å². The Morgan fingerprint density at radius 1 is 1.50 bits per heavy atom. The molecule has 2 rings (SSSR count). The van der Waals surface area contributed by atoms with Crippen molar-refractivity contribution >= 4 is 5.91 Å². The molecule has 1 unspecified atom stereocenters. The lowest BCUT2D eigenvalue weighted by atomic mass is 10.0. The first-order chi connectivity index (χ1) is 10.5. The van der Waals surface area contributed by atoms with Crippen molar-refractivity contribution in [1.29, 1.82) is 0 Å². The Kier molecular flexibility index (Phi) is 5.37. The fourth-order valence-corrected chi connectivity index (χ4v) is 2.52. The van der Waals surface area contributed by atoms with Crippen LogP contribution in [0.1, 0.15) is 44.7 Å². The molecule has 1 aromatic heterocycles. The minimum absolute atomic E-state index is 0.0664. The fourth-order valence-electron chi connectivity index (χ4n) is 2.52. The van der Waals surface area contributed by atoms with Crippen LogP contribution in [0, 0.1) is 12.3 Å². The molecule has 5 nitrogen and oxygen atoms in total. The SMILES string of the molecule is C#CCCC1(CCC(=O)NC(C)CCc2cccn2C)N=N1. The van der Waals surface area contributed by atoms with E-state index in [0.717, 1.165) is 19.3 Å². The molecule has 0 aliphatic carbocycles. The Balaban J connectivity index is 1.64. The maximum Gasteiger partial charge on any atom is 0.220 e. The van der Waals surface area contributed by atoms with Crippen LogP contribution in [-0.4, -0.2) is 22.2 Å². The zero-order chi connectivity index (χ0) is 16.0. The highest BCUT2D eigenvalue weighted by molar-refractivity contribution is 5.76. The Morgan fingerprint density at radius 2 is 2.27 bits per heavy atom. The topological polar surface area (TPSA) is 58.8 Å². The third-order valence-corrected chi connectivity index (χ3v) is 4.10. The van der Waals surface area contributed by atoms with Crippen molar-refractivity contribution in [3.63, 3.8) is 0 Å². The van der Waals surface area contributed by atoms with Crippen LogP contribution in [-0.2, 0) is 18.3 Å². The molecule has 5 heteroatoms. The normalized spacial score (nSPS) is 16.0. The van der Waals surface area contributed by atoms with Crippen LogP contribution >= 0.6 is 0 Å². The minimum atomic E-state index is -0.365. The zero-order valence-electron chi connectivity index (χ0n) is 13.4. The second-order valence-corrected chi connectivity index (χ2v) is 6.00. The van der Waals surface area contributed by atoms with Gasteiger partial charge in [0, 0.05) is 50.7 Å². The summed E-state index contributed by atoms with van der Waals surface area (Å²) in [6.07, 6.45) is 11.7.